The quantitative estimate of drug-likeness (QED) is 0.490. The molecular formula is C22H22ClNO7. The first-order valence-corrected chi connectivity index (χ1v) is 9.75. The van der Waals surface area contributed by atoms with E-state index in [0.717, 1.165) is 5.56 Å². The highest BCUT2D eigenvalue weighted by Crippen LogP contribution is 2.36. The summed E-state index contributed by atoms with van der Waals surface area (Å²) in [7, 11) is 2.97. The second-order valence-electron chi connectivity index (χ2n) is 6.56. The number of ether oxygens (including phenoxy) is 5. The molecule has 8 nitrogen and oxygen atoms in total. The van der Waals surface area contributed by atoms with Gasteiger partial charge in [0.1, 0.15) is 0 Å². The summed E-state index contributed by atoms with van der Waals surface area (Å²) in [5, 5.41) is 3.06. The molecule has 1 N–H and O–H groups in total. The number of nitrogens with one attached hydrogen (secondary N) is 1. The van der Waals surface area contributed by atoms with Gasteiger partial charge in [0.25, 0.3) is 5.91 Å². The molecule has 0 saturated carbocycles. The highest BCUT2D eigenvalue weighted by molar-refractivity contribution is 6.32. The standard InChI is InChI=1S/C22H22ClNO7/c1-13(22(26)24-11-15-4-6-17-18(10-15)30-12-29-17)31-20(25)7-5-14-8-16(23)21(28-3)19(9-14)27-2/h4-10,13H,11-12H2,1-3H3,(H,24,26). The Morgan fingerprint density at radius 3 is 2.68 bits per heavy atom. The largest absolute Gasteiger partial charge is 0.493 e. The van der Waals surface area contributed by atoms with Crippen LogP contribution in [-0.2, 0) is 20.9 Å². The predicted octanol–water partition coefficient (Wildman–Crippen LogP) is 3.35. The number of carbonyl (C=O) groups excluding carboxylic acids is 2. The summed E-state index contributed by atoms with van der Waals surface area (Å²) in [4.78, 5) is 24.3. The fraction of sp³-hybridized carbons (Fsp3) is 0.273. The minimum Gasteiger partial charge on any atom is -0.493 e. The lowest BCUT2D eigenvalue weighted by Gasteiger charge is -2.13. The van der Waals surface area contributed by atoms with Crippen LogP contribution in [0.5, 0.6) is 23.0 Å². The molecule has 1 atom stereocenters. The Bertz CT molecular complexity index is 1010. The molecule has 31 heavy (non-hydrogen) atoms. The van der Waals surface area contributed by atoms with Crippen molar-refractivity contribution in [2.24, 2.45) is 0 Å². The maximum atomic E-state index is 12.2. The van der Waals surface area contributed by atoms with Gasteiger partial charge >= 0.3 is 5.97 Å². The topological polar surface area (TPSA) is 92.3 Å². The lowest BCUT2D eigenvalue weighted by atomic mass is 10.2. The molecule has 1 aliphatic heterocycles. The van der Waals surface area contributed by atoms with Crippen LogP contribution in [0.3, 0.4) is 0 Å². The number of carbonyl (C=O) groups is 2. The van der Waals surface area contributed by atoms with Crippen LogP contribution < -0.4 is 24.3 Å². The van der Waals surface area contributed by atoms with Crippen molar-refractivity contribution in [3.8, 4) is 23.0 Å². The molecule has 0 radical (unpaired) electrons. The molecule has 3 rings (SSSR count). The number of esters is 1. The molecular weight excluding hydrogens is 426 g/mol. The van der Waals surface area contributed by atoms with E-state index in [1.165, 1.54) is 33.3 Å². The summed E-state index contributed by atoms with van der Waals surface area (Å²) >= 11 is 6.15. The molecule has 0 aliphatic carbocycles. The molecule has 0 bridgehead atoms. The molecule has 1 amide bonds. The van der Waals surface area contributed by atoms with Crippen LogP contribution in [-0.4, -0.2) is 39.0 Å². The molecule has 0 aromatic heterocycles. The highest BCUT2D eigenvalue weighted by atomic mass is 35.5. The average Bonchev–Trinajstić information content (AvgIpc) is 3.23. The fourth-order valence-electron chi connectivity index (χ4n) is 2.85. The van der Waals surface area contributed by atoms with Crippen molar-refractivity contribution >= 4 is 29.6 Å². The van der Waals surface area contributed by atoms with E-state index in [-0.39, 0.29) is 13.3 Å². The normalized spacial score (nSPS) is 13.0. The third-order valence-electron chi connectivity index (χ3n) is 4.43. The van der Waals surface area contributed by atoms with Gasteiger partial charge in [0.05, 0.1) is 19.2 Å². The van der Waals surface area contributed by atoms with E-state index in [4.69, 9.17) is 35.3 Å². The van der Waals surface area contributed by atoms with Gasteiger partial charge in [-0.15, -0.1) is 0 Å². The smallest absolute Gasteiger partial charge is 0.331 e. The highest BCUT2D eigenvalue weighted by Gasteiger charge is 2.18. The maximum absolute atomic E-state index is 12.2. The van der Waals surface area contributed by atoms with Crippen LogP contribution in [0.25, 0.3) is 6.08 Å². The molecule has 0 fully saturated rings. The van der Waals surface area contributed by atoms with E-state index >= 15 is 0 Å². The van der Waals surface area contributed by atoms with Crippen molar-refractivity contribution in [1.29, 1.82) is 0 Å². The zero-order chi connectivity index (χ0) is 22.4. The monoisotopic (exact) mass is 447 g/mol. The van der Waals surface area contributed by atoms with Gasteiger partial charge in [-0.05, 0) is 48.4 Å². The molecule has 0 saturated heterocycles. The van der Waals surface area contributed by atoms with Crippen molar-refractivity contribution in [3.63, 3.8) is 0 Å². The minimum atomic E-state index is -0.972. The summed E-state index contributed by atoms with van der Waals surface area (Å²) in [5.74, 6) is 1.03. The van der Waals surface area contributed by atoms with E-state index in [1.54, 1.807) is 24.3 Å². The minimum absolute atomic E-state index is 0.182. The van der Waals surface area contributed by atoms with E-state index in [0.29, 0.717) is 33.6 Å². The lowest BCUT2D eigenvalue weighted by molar-refractivity contribution is -0.150. The Labute approximate surface area is 184 Å². The van der Waals surface area contributed by atoms with Gasteiger partial charge in [0, 0.05) is 12.6 Å². The van der Waals surface area contributed by atoms with Crippen molar-refractivity contribution in [1.82, 2.24) is 5.32 Å². The van der Waals surface area contributed by atoms with Crippen molar-refractivity contribution in [2.75, 3.05) is 21.0 Å². The third-order valence-corrected chi connectivity index (χ3v) is 4.71. The number of benzene rings is 2. The van der Waals surface area contributed by atoms with Crippen LogP contribution >= 0.6 is 11.6 Å². The van der Waals surface area contributed by atoms with E-state index in [1.807, 2.05) is 6.07 Å². The Kier molecular flexibility index (Phi) is 7.25. The molecule has 2 aromatic carbocycles. The summed E-state index contributed by atoms with van der Waals surface area (Å²) in [5.41, 5.74) is 1.45. The third kappa shape index (κ3) is 5.61. The van der Waals surface area contributed by atoms with Crippen LogP contribution in [0.4, 0.5) is 0 Å². The Balaban J connectivity index is 1.52. The number of fused-ring (bicyclic) bond motifs is 1. The number of rotatable bonds is 8. The summed E-state index contributed by atoms with van der Waals surface area (Å²) < 4.78 is 26.1. The van der Waals surface area contributed by atoms with Crippen molar-refractivity contribution in [2.45, 2.75) is 19.6 Å². The second-order valence-corrected chi connectivity index (χ2v) is 6.96. The van der Waals surface area contributed by atoms with Crippen LogP contribution in [0, 0.1) is 0 Å². The second kappa shape index (κ2) is 10.1. The number of hydrogen-bond donors (Lipinski definition) is 1. The van der Waals surface area contributed by atoms with Gasteiger partial charge in [-0.1, -0.05) is 17.7 Å². The SMILES string of the molecule is COc1cc(C=CC(=O)OC(C)C(=O)NCc2ccc3c(c2)OCO3)cc(Cl)c1OC. The van der Waals surface area contributed by atoms with E-state index in [9.17, 15) is 9.59 Å². The first-order valence-electron chi connectivity index (χ1n) is 9.37. The summed E-state index contributed by atoms with van der Waals surface area (Å²) in [6.07, 6.45) is 1.74. The predicted molar refractivity (Wildman–Crippen MR) is 114 cm³/mol. The van der Waals surface area contributed by atoms with Crippen LogP contribution in [0.2, 0.25) is 5.02 Å². The number of hydrogen-bond acceptors (Lipinski definition) is 7. The van der Waals surface area contributed by atoms with Crippen LogP contribution in [0.1, 0.15) is 18.1 Å². The number of methoxy groups -OCH3 is 2. The zero-order valence-electron chi connectivity index (χ0n) is 17.3. The lowest BCUT2D eigenvalue weighted by Crippen LogP contribution is -2.35. The Morgan fingerprint density at radius 1 is 1.16 bits per heavy atom. The molecule has 164 valence electrons. The molecule has 0 spiro atoms. The fourth-order valence-corrected chi connectivity index (χ4v) is 3.15. The van der Waals surface area contributed by atoms with Gasteiger partial charge in [0.2, 0.25) is 6.79 Å². The van der Waals surface area contributed by atoms with Gasteiger partial charge in [-0.2, -0.15) is 0 Å². The molecule has 1 aliphatic rings. The van der Waals surface area contributed by atoms with E-state index < -0.39 is 18.0 Å². The average molecular weight is 448 g/mol. The molecule has 1 heterocycles. The number of amides is 1. The maximum Gasteiger partial charge on any atom is 0.331 e. The molecule has 9 heteroatoms. The first kappa shape index (κ1) is 22.3. The first-order chi connectivity index (χ1) is 14.9. The Morgan fingerprint density at radius 2 is 1.94 bits per heavy atom. The molecule has 1 unspecified atom stereocenters. The van der Waals surface area contributed by atoms with Crippen molar-refractivity contribution in [3.05, 3.63) is 52.6 Å². The summed E-state index contributed by atoms with van der Waals surface area (Å²) in [6.45, 7) is 1.94. The van der Waals surface area contributed by atoms with Crippen LogP contribution in [0.15, 0.2) is 36.4 Å². The summed E-state index contributed by atoms with van der Waals surface area (Å²) in [6, 6.07) is 8.67. The van der Waals surface area contributed by atoms with Gasteiger partial charge in [-0.3, -0.25) is 4.79 Å². The van der Waals surface area contributed by atoms with E-state index in [2.05, 4.69) is 5.32 Å². The van der Waals surface area contributed by atoms with Gasteiger partial charge in [-0.25, -0.2) is 4.79 Å². The number of halogens is 1. The Hall–Kier alpha value is -3.39. The van der Waals surface area contributed by atoms with Crippen molar-refractivity contribution < 1.29 is 33.3 Å². The van der Waals surface area contributed by atoms with Gasteiger partial charge < -0.3 is 29.0 Å². The van der Waals surface area contributed by atoms with Gasteiger partial charge in [0.15, 0.2) is 29.1 Å². The zero-order valence-corrected chi connectivity index (χ0v) is 18.0. The molecule has 2 aromatic rings.